The fourth-order valence-electron chi connectivity index (χ4n) is 0.312. The zero-order chi connectivity index (χ0) is 9.83. The molecule has 0 aliphatic carbocycles. The lowest BCUT2D eigenvalue weighted by atomic mass is 10.8. The van der Waals surface area contributed by atoms with Gasteiger partial charge in [0.15, 0.2) is 0 Å². The Bertz CT molecular complexity index is 195. The van der Waals surface area contributed by atoms with Crippen LogP contribution in [-0.4, -0.2) is 23.0 Å². The van der Waals surface area contributed by atoms with E-state index in [1.807, 2.05) is 0 Å². The summed E-state index contributed by atoms with van der Waals surface area (Å²) in [6.45, 7) is 0.0770. The molecule has 0 saturated carbocycles. The first kappa shape index (κ1) is 13.8. The van der Waals surface area contributed by atoms with Crippen LogP contribution in [-0.2, 0) is 32.7 Å². The summed E-state index contributed by atoms with van der Waals surface area (Å²) >= 11 is 16.1. The van der Waals surface area contributed by atoms with Crippen molar-refractivity contribution in [2.75, 3.05) is 13.2 Å². The van der Waals surface area contributed by atoms with Crippen LogP contribution in [0.1, 0.15) is 0 Å². The van der Waals surface area contributed by atoms with Crippen LogP contribution < -0.4 is 0 Å². The maximum atomic E-state index is 8.86. The zero-order valence-electron chi connectivity index (χ0n) is 5.73. The lowest BCUT2D eigenvalue weighted by Crippen LogP contribution is -1.98. The molecule has 2 unspecified atom stereocenters. The topological polar surface area (TPSA) is 58.9 Å². The Morgan fingerprint density at radius 1 is 1.00 bits per heavy atom. The van der Waals surface area contributed by atoms with Gasteiger partial charge < -0.3 is 18.8 Å². The third-order valence-electron chi connectivity index (χ3n) is 0.602. The highest BCUT2D eigenvalue weighted by molar-refractivity contribution is 8.60. The summed E-state index contributed by atoms with van der Waals surface area (Å²) in [4.78, 5) is 17.7. The van der Waals surface area contributed by atoms with Crippen molar-refractivity contribution in [3.63, 3.8) is 0 Å². The Morgan fingerprint density at radius 2 is 1.25 bits per heavy atom. The molecule has 0 rings (SSSR count). The van der Waals surface area contributed by atoms with Gasteiger partial charge >= 0.3 is 0 Å². The number of rotatable bonds is 5. The number of thiol groups is 2. The van der Waals surface area contributed by atoms with E-state index >= 15 is 0 Å². The Hall–Kier alpha value is 1.84. The van der Waals surface area contributed by atoms with Crippen molar-refractivity contribution in [2.24, 2.45) is 0 Å². The second kappa shape index (κ2) is 5.66. The van der Waals surface area contributed by atoms with Crippen molar-refractivity contribution in [3.8, 4) is 0 Å². The first-order chi connectivity index (χ1) is 5.21. The summed E-state index contributed by atoms with van der Waals surface area (Å²) in [5.74, 6) is 0. The average Bonchev–Trinajstić information content (AvgIpc) is 1.76. The molecule has 12 heavy (non-hydrogen) atoms. The molecule has 10 heteroatoms. The molecule has 0 aliphatic heterocycles. The third kappa shape index (κ3) is 11.8. The molecule has 0 aromatic rings. The van der Waals surface area contributed by atoms with Gasteiger partial charge in [-0.2, -0.15) is 0 Å². The fraction of sp³-hybridized carbons (Fsp3) is 1.00. The highest BCUT2D eigenvalue weighted by Gasteiger charge is 2.08. The summed E-state index contributed by atoms with van der Waals surface area (Å²) < 4.78 is 9.34. The van der Waals surface area contributed by atoms with Crippen LogP contribution in [0.25, 0.3) is 0 Å². The molecule has 0 aromatic heterocycles. The third-order valence-corrected chi connectivity index (χ3v) is 2.97. The second-order valence-electron chi connectivity index (χ2n) is 1.65. The first-order valence-electron chi connectivity index (χ1n) is 2.61. The van der Waals surface area contributed by atoms with E-state index < -0.39 is 11.4 Å². The average molecular weight is 286 g/mol. The van der Waals surface area contributed by atoms with E-state index in [1.165, 1.54) is 0 Å². The minimum atomic E-state index is -2.93. The number of hydrogen-bond acceptors (Lipinski definition) is 4. The van der Waals surface area contributed by atoms with Crippen molar-refractivity contribution < 1.29 is 18.8 Å². The quantitative estimate of drug-likeness (QED) is 0.347. The molecule has 0 amide bonds. The lowest BCUT2D eigenvalue weighted by Gasteiger charge is -2.11. The van der Waals surface area contributed by atoms with Gasteiger partial charge in [-0.3, -0.25) is 0 Å². The molecule has 74 valence electrons. The van der Waals surface area contributed by atoms with E-state index in [0.717, 1.165) is 0 Å². The molecule has 2 N–H and O–H groups in total. The van der Waals surface area contributed by atoms with Gasteiger partial charge in [-0.05, 0) is 23.6 Å². The summed E-state index contributed by atoms with van der Waals surface area (Å²) in [7, 11) is 0. The van der Waals surface area contributed by atoms with Crippen molar-refractivity contribution in [2.45, 2.75) is 0 Å². The zero-order valence-corrected chi connectivity index (χ0v) is 10.9. The molecule has 4 nitrogen and oxygen atoms in total. The van der Waals surface area contributed by atoms with Crippen LogP contribution >= 0.6 is 35.9 Å². The largest absolute Gasteiger partial charge is 0.338 e. The molecule has 0 aromatic carbocycles. The van der Waals surface area contributed by atoms with Gasteiger partial charge in [0.25, 0.3) is 0 Å². The van der Waals surface area contributed by atoms with Crippen molar-refractivity contribution >= 4 is 59.5 Å². The van der Waals surface area contributed by atoms with Crippen LogP contribution in [0.3, 0.4) is 0 Å². The summed E-state index contributed by atoms with van der Waals surface area (Å²) in [5, 5.41) is 0. The molecular weight excluding hydrogens is 278 g/mol. The minimum Gasteiger partial charge on any atom is -0.338 e. The SMILES string of the molecule is OP(=S)(S)OCCOP(O)(=S)S. The van der Waals surface area contributed by atoms with Gasteiger partial charge in [-0.25, -0.2) is 0 Å². The molecule has 0 fully saturated rings. The maximum Gasteiger partial charge on any atom is 0.241 e. The Kier molecular flexibility index (Phi) is 6.52. The summed E-state index contributed by atoms with van der Waals surface area (Å²) in [6.07, 6.45) is 0. The highest BCUT2D eigenvalue weighted by atomic mass is 32.9. The van der Waals surface area contributed by atoms with Crippen LogP contribution in [0.2, 0.25) is 0 Å². The van der Waals surface area contributed by atoms with Crippen LogP contribution in [0, 0.1) is 0 Å². The van der Waals surface area contributed by atoms with Crippen molar-refractivity contribution in [1.82, 2.24) is 0 Å². The number of hydrogen-bond donors (Lipinski definition) is 4. The first-order valence-corrected chi connectivity index (χ1v) is 10.3. The maximum absolute atomic E-state index is 8.86. The Balaban J connectivity index is 3.48. The van der Waals surface area contributed by atoms with Crippen molar-refractivity contribution in [1.29, 1.82) is 0 Å². The predicted molar refractivity (Wildman–Crippen MR) is 62.9 cm³/mol. The lowest BCUT2D eigenvalue weighted by molar-refractivity contribution is 0.224. The van der Waals surface area contributed by atoms with E-state index in [1.54, 1.807) is 0 Å². The summed E-state index contributed by atoms with van der Waals surface area (Å²) in [5.41, 5.74) is -5.86. The fourth-order valence-corrected chi connectivity index (χ4v) is 1.87. The van der Waals surface area contributed by atoms with Crippen LogP contribution in [0.4, 0.5) is 0 Å². The monoisotopic (exact) mass is 286 g/mol. The van der Waals surface area contributed by atoms with Gasteiger partial charge in [0, 0.05) is 0 Å². The van der Waals surface area contributed by atoms with Gasteiger partial charge in [0.1, 0.15) is 0 Å². The molecule has 2 atom stereocenters. The van der Waals surface area contributed by atoms with Crippen LogP contribution in [0.5, 0.6) is 0 Å². The molecule has 0 bridgehead atoms. The van der Waals surface area contributed by atoms with E-state index in [0.29, 0.717) is 0 Å². The standard InChI is InChI=1S/C2H8O4P2S4/c3-7(9,10)5-1-2-6-8(4,11)12/h1-2H2,(H2,3,9,10)(H2,4,11,12). The molecule has 0 radical (unpaired) electrons. The van der Waals surface area contributed by atoms with E-state index in [2.05, 4.69) is 57.2 Å². The van der Waals surface area contributed by atoms with E-state index in [-0.39, 0.29) is 13.2 Å². The molecule has 0 spiro atoms. The normalized spacial score (nSPS) is 21.3. The van der Waals surface area contributed by atoms with E-state index in [4.69, 9.17) is 9.79 Å². The summed E-state index contributed by atoms with van der Waals surface area (Å²) in [6, 6.07) is 0. The second-order valence-corrected chi connectivity index (χ2v) is 12.0. The predicted octanol–water partition coefficient (Wildman–Crippen LogP) is 1.31. The van der Waals surface area contributed by atoms with Gasteiger partial charge in [-0.15, -0.1) is 0 Å². The van der Waals surface area contributed by atoms with Gasteiger partial charge in [0.2, 0.25) is 11.4 Å². The molecule has 0 heterocycles. The van der Waals surface area contributed by atoms with Gasteiger partial charge in [-0.1, -0.05) is 24.5 Å². The smallest absolute Gasteiger partial charge is 0.241 e. The van der Waals surface area contributed by atoms with Crippen molar-refractivity contribution in [3.05, 3.63) is 0 Å². The Labute approximate surface area is 91.3 Å². The van der Waals surface area contributed by atoms with Gasteiger partial charge in [0.05, 0.1) is 13.2 Å². The molecule has 0 saturated heterocycles. The van der Waals surface area contributed by atoms with Crippen LogP contribution in [0.15, 0.2) is 0 Å². The molecule has 0 aliphatic rings. The highest BCUT2D eigenvalue weighted by Crippen LogP contribution is 2.49. The Morgan fingerprint density at radius 3 is 1.42 bits per heavy atom. The minimum absolute atomic E-state index is 0.0385. The molecular formula is C2H8O4P2S4. The van der Waals surface area contributed by atoms with E-state index in [9.17, 15) is 0 Å².